The molecule has 0 atom stereocenters. The molecule has 1 aliphatic heterocycles. The third kappa shape index (κ3) is 5.86. The summed E-state index contributed by atoms with van der Waals surface area (Å²) in [5.74, 6) is 0.456. The number of ether oxygens (including phenoxy) is 2. The molecular weight excluding hydrogens is 234 g/mol. The molecule has 0 radical (unpaired) electrons. The van der Waals surface area contributed by atoms with Crippen LogP contribution in [0.5, 0.6) is 0 Å². The minimum Gasteiger partial charge on any atom is -0.469 e. The van der Waals surface area contributed by atoms with E-state index in [1.54, 1.807) is 0 Å². The van der Waals surface area contributed by atoms with Gasteiger partial charge in [-0.3, -0.25) is 9.79 Å². The molecular formula is C12H23N3O3. The summed E-state index contributed by atoms with van der Waals surface area (Å²) < 4.78 is 9.81. The summed E-state index contributed by atoms with van der Waals surface area (Å²) in [6.07, 6.45) is 3.25. The van der Waals surface area contributed by atoms with Crippen molar-refractivity contribution in [1.29, 1.82) is 0 Å². The molecule has 18 heavy (non-hydrogen) atoms. The highest BCUT2D eigenvalue weighted by Crippen LogP contribution is 2.02. The number of esters is 1. The van der Waals surface area contributed by atoms with Crippen LogP contribution in [0.25, 0.3) is 0 Å². The second-order valence-corrected chi connectivity index (χ2v) is 4.23. The van der Waals surface area contributed by atoms with Crippen LogP contribution in [-0.4, -0.2) is 56.8 Å². The SMILES string of the molecule is COC(=O)CCCCCN=C(N)N1CCOCC1. The first-order chi connectivity index (χ1) is 8.74. The number of guanidine groups is 1. The molecule has 0 bridgehead atoms. The van der Waals surface area contributed by atoms with Crippen LogP contribution < -0.4 is 5.73 Å². The number of methoxy groups -OCH3 is 1. The van der Waals surface area contributed by atoms with Gasteiger partial charge in [-0.1, -0.05) is 6.42 Å². The maximum Gasteiger partial charge on any atom is 0.305 e. The van der Waals surface area contributed by atoms with Gasteiger partial charge in [0.2, 0.25) is 0 Å². The van der Waals surface area contributed by atoms with Gasteiger partial charge >= 0.3 is 5.97 Å². The molecule has 1 saturated heterocycles. The fourth-order valence-corrected chi connectivity index (χ4v) is 1.75. The Hall–Kier alpha value is -1.30. The summed E-state index contributed by atoms with van der Waals surface area (Å²) in [5.41, 5.74) is 5.88. The number of hydrogen-bond donors (Lipinski definition) is 1. The first-order valence-electron chi connectivity index (χ1n) is 6.43. The lowest BCUT2D eigenvalue weighted by Crippen LogP contribution is -2.44. The van der Waals surface area contributed by atoms with Crippen molar-refractivity contribution in [1.82, 2.24) is 4.90 Å². The highest BCUT2D eigenvalue weighted by Gasteiger charge is 2.11. The number of unbranched alkanes of at least 4 members (excludes halogenated alkanes) is 2. The van der Waals surface area contributed by atoms with Crippen LogP contribution in [0, 0.1) is 0 Å². The van der Waals surface area contributed by atoms with E-state index in [0.717, 1.165) is 45.6 Å². The standard InChI is InChI=1S/C12H23N3O3/c1-17-11(16)5-3-2-4-6-14-12(13)15-7-9-18-10-8-15/h2-10H2,1H3,(H2,13,14). The zero-order valence-corrected chi connectivity index (χ0v) is 11.1. The molecule has 0 aliphatic carbocycles. The van der Waals surface area contributed by atoms with Crippen molar-refractivity contribution >= 4 is 11.9 Å². The Bertz CT molecular complexity index is 276. The van der Waals surface area contributed by atoms with Gasteiger partial charge in [0.1, 0.15) is 0 Å². The lowest BCUT2D eigenvalue weighted by atomic mass is 10.2. The third-order valence-electron chi connectivity index (χ3n) is 2.88. The minimum atomic E-state index is -0.147. The van der Waals surface area contributed by atoms with Crippen molar-refractivity contribution in [3.8, 4) is 0 Å². The predicted molar refractivity (Wildman–Crippen MR) is 69.4 cm³/mol. The van der Waals surface area contributed by atoms with E-state index in [0.29, 0.717) is 18.9 Å². The van der Waals surface area contributed by atoms with Gasteiger partial charge < -0.3 is 20.1 Å². The lowest BCUT2D eigenvalue weighted by molar-refractivity contribution is -0.140. The molecule has 2 N–H and O–H groups in total. The van der Waals surface area contributed by atoms with E-state index >= 15 is 0 Å². The Morgan fingerprint density at radius 2 is 2.06 bits per heavy atom. The van der Waals surface area contributed by atoms with Crippen molar-refractivity contribution in [2.75, 3.05) is 40.0 Å². The molecule has 1 heterocycles. The van der Waals surface area contributed by atoms with Crippen LogP contribution in [0.3, 0.4) is 0 Å². The topological polar surface area (TPSA) is 77.1 Å². The Kier molecular flexibility index (Phi) is 7.17. The van der Waals surface area contributed by atoms with Crippen molar-refractivity contribution in [3.63, 3.8) is 0 Å². The second kappa shape index (κ2) is 8.74. The normalized spacial score (nSPS) is 16.7. The first kappa shape index (κ1) is 14.8. The fraction of sp³-hybridized carbons (Fsp3) is 0.833. The van der Waals surface area contributed by atoms with Crippen molar-refractivity contribution < 1.29 is 14.3 Å². The molecule has 0 aromatic heterocycles. The molecule has 1 aliphatic rings. The minimum absolute atomic E-state index is 0.147. The molecule has 6 heteroatoms. The number of morpholine rings is 1. The molecule has 6 nitrogen and oxygen atoms in total. The number of nitrogens with two attached hydrogens (primary N) is 1. The van der Waals surface area contributed by atoms with Gasteiger partial charge in [0.05, 0.1) is 20.3 Å². The van der Waals surface area contributed by atoms with Gasteiger partial charge in [0, 0.05) is 26.1 Å². The maximum atomic E-state index is 10.9. The third-order valence-corrected chi connectivity index (χ3v) is 2.88. The Balaban J connectivity index is 2.06. The first-order valence-corrected chi connectivity index (χ1v) is 6.43. The number of carbonyl (C=O) groups is 1. The van der Waals surface area contributed by atoms with Crippen LogP contribution in [-0.2, 0) is 14.3 Å². The summed E-state index contributed by atoms with van der Waals surface area (Å²) in [6.45, 7) is 3.78. The molecule has 0 spiro atoms. The molecule has 104 valence electrons. The van der Waals surface area contributed by atoms with E-state index in [4.69, 9.17) is 10.5 Å². The summed E-state index contributed by atoms with van der Waals surface area (Å²) in [5, 5.41) is 0. The van der Waals surface area contributed by atoms with Gasteiger partial charge in [-0.2, -0.15) is 0 Å². The number of aliphatic imine (C=N–C) groups is 1. The van der Waals surface area contributed by atoms with Crippen LogP contribution in [0.4, 0.5) is 0 Å². The predicted octanol–water partition coefficient (Wildman–Crippen LogP) is 0.367. The second-order valence-electron chi connectivity index (χ2n) is 4.23. The van der Waals surface area contributed by atoms with Crippen LogP contribution in [0.2, 0.25) is 0 Å². The summed E-state index contributed by atoms with van der Waals surface area (Å²) >= 11 is 0. The average Bonchev–Trinajstić information content (AvgIpc) is 2.43. The molecule has 0 saturated carbocycles. The molecule has 1 fully saturated rings. The number of hydrogen-bond acceptors (Lipinski definition) is 4. The summed E-state index contributed by atoms with van der Waals surface area (Å²) in [7, 11) is 1.41. The maximum absolute atomic E-state index is 10.9. The Labute approximate surface area is 108 Å². The van der Waals surface area contributed by atoms with E-state index in [1.165, 1.54) is 7.11 Å². The molecule has 0 unspecified atom stereocenters. The number of carbonyl (C=O) groups excluding carboxylic acids is 1. The zero-order valence-electron chi connectivity index (χ0n) is 11.1. The van der Waals surface area contributed by atoms with Gasteiger partial charge in [-0.25, -0.2) is 0 Å². The van der Waals surface area contributed by atoms with Gasteiger partial charge in [-0.15, -0.1) is 0 Å². The highest BCUT2D eigenvalue weighted by molar-refractivity contribution is 5.78. The monoisotopic (exact) mass is 257 g/mol. The van der Waals surface area contributed by atoms with Crippen LogP contribution in [0.1, 0.15) is 25.7 Å². The van der Waals surface area contributed by atoms with Gasteiger partial charge in [-0.05, 0) is 12.8 Å². The van der Waals surface area contributed by atoms with E-state index in [-0.39, 0.29) is 5.97 Å². The van der Waals surface area contributed by atoms with Crippen LogP contribution >= 0.6 is 0 Å². The molecule has 0 amide bonds. The van der Waals surface area contributed by atoms with Crippen molar-refractivity contribution in [2.45, 2.75) is 25.7 Å². The summed E-state index contributed by atoms with van der Waals surface area (Å²) in [6, 6.07) is 0. The smallest absolute Gasteiger partial charge is 0.305 e. The average molecular weight is 257 g/mol. The van der Waals surface area contributed by atoms with E-state index in [2.05, 4.69) is 9.73 Å². The zero-order chi connectivity index (χ0) is 13.2. The summed E-state index contributed by atoms with van der Waals surface area (Å²) in [4.78, 5) is 17.2. The van der Waals surface area contributed by atoms with E-state index in [1.807, 2.05) is 4.90 Å². The highest BCUT2D eigenvalue weighted by atomic mass is 16.5. The fourth-order valence-electron chi connectivity index (χ4n) is 1.75. The molecule has 0 aromatic carbocycles. The lowest BCUT2D eigenvalue weighted by Gasteiger charge is -2.27. The number of nitrogens with zero attached hydrogens (tertiary/aromatic N) is 2. The van der Waals surface area contributed by atoms with Crippen molar-refractivity contribution in [2.24, 2.45) is 10.7 Å². The largest absolute Gasteiger partial charge is 0.469 e. The van der Waals surface area contributed by atoms with Gasteiger partial charge in [0.25, 0.3) is 0 Å². The van der Waals surface area contributed by atoms with Crippen molar-refractivity contribution in [3.05, 3.63) is 0 Å². The quantitative estimate of drug-likeness (QED) is 0.322. The molecule has 0 aromatic rings. The van der Waals surface area contributed by atoms with E-state index in [9.17, 15) is 4.79 Å². The van der Waals surface area contributed by atoms with Gasteiger partial charge in [0.15, 0.2) is 5.96 Å². The Morgan fingerprint density at radius 1 is 1.33 bits per heavy atom. The van der Waals surface area contributed by atoms with E-state index < -0.39 is 0 Å². The van der Waals surface area contributed by atoms with Crippen LogP contribution in [0.15, 0.2) is 4.99 Å². The molecule has 1 rings (SSSR count). The Morgan fingerprint density at radius 3 is 2.72 bits per heavy atom. The number of rotatable bonds is 6.